The number of nitrogens with zero attached hydrogens (tertiary/aromatic N) is 1. The number of aromatic nitrogens is 1. The van der Waals surface area contributed by atoms with E-state index in [1.165, 1.54) is 11.3 Å². The molecule has 2 aromatic rings. The lowest BCUT2D eigenvalue weighted by atomic mass is 10.3. The first-order valence-corrected chi connectivity index (χ1v) is 6.78. The number of carbonyl (C=O) groups is 1. The van der Waals surface area contributed by atoms with Gasteiger partial charge in [-0.25, -0.2) is 0 Å². The van der Waals surface area contributed by atoms with Crippen molar-refractivity contribution in [2.24, 2.45) is 0 Å². The van der Waals surface area contributed by atoms with Gasteiger partial charge in [0, 0.05) is 13.0 Å². The molecule has 0 aliphatic heterocycles. The first kappa shape index (κ1) is 12.8. The summed E-state index contributed by atoms with van der Waals surface area (Å²) in [6.07, 6.45) is 0.976. The Morgan fingerprint density at radius 2 is 2.17 bits per heavy atom. The van der Waals surface area contributed by atoms with Crippen molar-refractivity contribution < 1.29 is 9.53 Å². The highest BCUT2D eigenvalue weighted by atomic mass is 32.1. The number of esters is 1. The molecule has 0 saturated carbocycles. The Labute approximate surface area is 109 Å². The van der Waals surface area contributed by atoms with Crippen molar-refractivity contribution in [2.75, 3.05) is 6.61 Å². The third kappa shape index (κ3) is 2.79. The molecular formula is C13H15NO3S. The summed E-state index contributed by atoms with van der Waals surface area (Å²) in [6, 6.07) is 7.69. The predicted molar refractivity (Wildman–Crippen MR) is 72.0 cm³/mol. The zero-order valence-corrected chi connectivity index (χ0v) is 11.0. The van der Waals surface area contributed by atoms with Gasteiger partial charge in [0.25, 0.3) is 0 Å². The maximum atomic E-state index is 11.8. The number of carbonyl (C=O) groups excluding carboxylic acids is 1. The summed E-state index contributed by atoms with van der Waals surface area (Å²) >= 11 is 1.24. The van der Waals surface area contributed by atoms with Crippen LogP contribution in [0.5, 0.6) is 0 Å². The Kier molecular flexibility index (Phi) is 4.15. The molecule has 96 valence electrons. The molecule has 0 amide bonds. The summed E-state index contributed by atoms with van der Waals surface area (Å²) in [5.74, 6) is -0.204. The van der Waals surface area contributed by atoms with E-state index in [1.807, 2.05) is 24.3 Å². The molecule has 0 saturated heterocycles. The maximum Gasteiger partial charge on any atom is 0.308 e. The van der Waals surface area contributed by atoms with Crippen molar-refractivity contribution in [3.63, 3.8) is 0 Å². The van der Waals surface area contributed by atoms with E-state index in [2.05, 4.69) is 0 Å². The maximum absolute atomic E-state index is 11.8. The molecule has 1 aromatic carbocycles. The first-order valence-electron chi connectivity index (χ1n) is 5.96. The predicted octanol–water partition coefficient (Wildman–Crippen LogP) is 2.41. The normalized spacial score (nSPS) is 10.7. The Morgan fingerprint density at radius 3 is 2.94 bits per heavy atom. The first-order chi connectivity index (χ1) is 8.72. The lowest BCUT2D eigenvalue weighted by Gasteiger charge is -2.03. The van der Waals surface area contributed by atoms with Crippen LogP contribution in [0.2, 0.25) is 0 Å². The van der Waals surface area contributed by atoms with Crippen LogP contribution < -0.4 is 4.87 Å². The Hall–Kier alpha value is -1.62. The highest BCUT2D eigenvalue weighted by Gasteiger charge is 2.07. The second-order valence-corrected chi connectivity index (χ2v) is 4.89. The molecule has 0 radical (unpaired) electrons. The van der Waals surface area contributed by atoms with Crippen LogP contribution in [0.25, 0.3) is 10.2 Å². The minimum Gasteiger partial charge on any atom is -0.466 e. The molecule has 0 N–H and O–H groups in total. The van der Waals surface area contributed by atoms with Gasteiger partial charge in [0.1, 0.15) is 0 Å². The third-order valence-corrected chi connectivity index (χ3v) is 3.60. The molecular weight excluding hydrogens is 250 g/mol. The minimum absolute atomic E-state index is 0.0278. The molecule has 0 atom stereocenters. The number of hydrogen-bond acceptors (Lipinski definition) is 4. The Bertz CT molecular complexity index is 600. The second-order valence-electron chi connectivity index (χ2n) is 3.90. The molecule has 0 unspecified atom stereocenters. The zero-order valence-electron chi connectivity index (χ0n) is 10.2. The standard InChI is InChI=1S/C13H15NO3S/c1-2-17-12(15)8-5-9-14-10-6-3-4-7-11(10)18-13(14)16/h3-4,6-7H,2,5,8-9H2,1H3. The van der Waals surface area contributed by atoms with E-state index in [-0.39, 0.29) is 10.8 Å². The van der Waals surface area contributed by atoms with Crippen LogP contribution in [-0.2, 0) is 16.1 Å². The number of aryl methyl sites for hydroxylation is 1. The van der Waals surface area contributed by atoms with Crippen LogP contribution in [0, 0.1) is 0 Å². The summed E-state index contributed by atoms with van der Waals surface area (Å²) in [5, 5.41) is 0. The highest BCUT2D eigenvalue weighted by molar-refractivity contribution is 7.16. The second kappa shape index (κ2) is 5.82. The number of thiazole rings is 1. The van der Waals surface area contributed by atoms with Crippen molar-refractivity contribution in [1.82, 2.24) is 4.57 Å². The zero-order chi connectivity index (χ0) is 13.0. The van der Waals surface area contributed by atoms with E-state index in [0.29, 0.717) is 26.0 Å². The monoisotopic (exact) mass is 265 g/mol. The van der Waals surface area contributed by atoms with Crippen LogP contribution in [-0.4, -0.2) is 17.1 Å². The number of benzene rings is 1. The molecule has 0 aliphatic rings. The van der Waals surface area contributed by atoms with Gasteiger partial charge in [0.15, 0.2) is 0 Å². The summed E-state index contributed by atoms with van der Waals surface area (Å²) in [5.41, 5.74) is 0.941. The molecule has 0 spiro atoms. The minimum atomic E-state index is -0.204. The molecule has 1 aromatic heterocycles. The topological polar surface area (TPSA) is 48.3 Å². The molecule has 0 bridgehead atoms. The number of rotatable bonds is 5. The van der Waals surface area contributed by atoms with Crippen molar-refractivity contribution in [3.05, 3.63) is 33.9 Å². The average Bonchev–Trinajstić information content (AvgIpc) is 2.66. The van der Waals surface area contributed by atoms with Gasteiger partial charge in [-0.1, -0.05) is 23.5 Å². The SMILES string of the molecule is CCOC(=O)CCCn1c(=O)sc2ccccc21. The number of para-hydroxylation sites is 1. The summed E-state index contributed by atoms with van der Waals surface area (Å²) in [4.78, 5) is 23.0. The van der Waals surface area contributed by atoms with E-state index < -0.39 is 0 Å². The van der Waals surface area contributed by atoms with Crippen LogP contribution in [0.4, 0.5) is 0 Å². The summed E-state index contributed by atoms with van der Waals surface area (Å²) in [6.45, 7) is 2.75. The highest BCUT2D eigenvalue weighted by Crippen LogP contribution is 2.16. The third-order valence-electron chi connectivity index (χ3n) is 2.64. The van der Waals surface area contributed by atoms with Crippen molar-refractivity contribution >= 4 is 27.5 Å². The van der Waals surface area contributed by atoms with E-state index in [9.17, 15) is 9.59 Å². The summed E-state index contributed by atoms with van der Waals surface area (Å²) in [7, 11) is 0. The molecule has 5 heteroatoms. The lowest BCUT2D eigenvalue weighted by Crippen LogP contribution is -2.14. The lowest BCUT2D eigenvalue weighted by molar-refractivity contribution is -0.143. The summed E-state index contributed by atoms with van der Waals surface area (Å²) < 4.78 is 7.56. The molecule has 0 fully saturated rings. The number of hydrogen-bond donors (Lipinski definition) is 0. The van der Waals surface area contributed by atoms with Gasteiger partial charge in [-0.2, -0.15) is 0 Å². The fourth-order valence-corrected chi connectivity index (χ4v) is 2.76. The van der Waals surface area contributed by atoms with Crippen LogP contribution >= 0.6 is 11.3 Å². The molecule has 1 heterocycles. The van der Waals surface area contributed by atoms with Crippen molar-refractivity contribution in [3.8, 4) is 0 Å². The number of ether oxygens (including phenoxy) is 1. The quantitative estimate of drug-likeness (QED) is 0.780. The van der Waals surface area contributed by atoms with Crippen molar-refractivity contribution in [2.45, 2.75) is 26.3 Å². The van der Waals surface area contributed by atoms with Crippen LogP contribution in [0.1, 0.15) is 19.8 Å². The Balaban J connectivity index is 2.06. The van der Waals surface area contributed by atoms with Gasteiger partial charge < -0.3 is 4.74 Å². The van der Waals surface area contributed by atoms with Crippen LogP contribution in [0.15, 0.2) is 29.1 Å². The van der Waals surface area contributed by atoms with E-state index in [1.54, 1.807) is 11.5 Å². The largest absolute Gasteiger partial charge is 0.466 e. The van der Waals surface area contributed by atoms with E-state index >= 15 is 0 Å². The molecule has 0 aliphatic carbocycles. The average molecular weight is 265 g/mol. The van der Waals surface area contributed by atoms with E-state index in [0.717, 1.165) is 10.2 Å². The van der Waals surface area contributed by atoms with Gasteiger partial charge in [0.2, 0.25) is 0 Å². The van der Waals surface area contributed by atoms with Gasteiger partial charge in [0.05, 0.1) is 16.8 Å². The fraction of sp³-hybridized carbons (Fsp3) is 0.385. The van der Waals surface area contributed by atoms with Gasteiger partial charge in [-0.3, -0.25) is 14.2 Å². The molecule has 18 heavy (non-hydrogen) atoms. The van der Waals surface area contributed by atoms with Gasteiger partial charge >= 0.3 is 10.8 Å². The van der Waals surface area contributed by atoms with Crippen LogP contribution in [0.3, 0.4) is 0 Å². The smallest absolute Gasteiger partial charge is 0.308 e. The Morgan fingerprint density at radius 1 is 1.39 bits per heavy atom. The fourth-order valence-electron chi connectivity index (χ4n) is 1.84. The number of fused-ring (bicyclic) bond motifs is 1. The van der Waals surface area contributed by atoms with E-state index in [4.69, 9.17) is 4.74 Å². The molecule has 4 nitrogen and oxygen atoms in total. The van der Waals surface area contributed by atoms with Gasteiger partial charge in [-0.05, 0) is 25.5 Å². The van der Waals surface area contributed by atoms with Crippen molar-refractivity contribution in [1.29, 1.82) is 0 Å². The molecule has 2 rings (SSSR count). The van der Waals surface area contributed by atoms with Gasteiger partial charge in [-0.15, -0.1) is 0 Å².